The van der Waals surface area contributed by atoms with Crippen molar-refractivity contribution in [1.82, 2.24) is 9.97 Å². The molecule has 0 atom stereocenters. The Labute approximate surface area is 103 Å². The number of hydrogen-bond acceptors (Lipinski definition) is 4. The second-order valence-electron chi connectivity index (χ2n) is 3.66. The van der Waals surface area contributed by atoms with Crippen LogP contribution >= 0.6 is 0 Å². The van der Waals surface area contributed by atoms with E-state index < -0.39 is 11.7 Å². The van der Waals surface area contributed by atoms with Crippen molar-refractivity contribution in [3.63, 3.8) is 0 Å². The molecule has 1 aromatic carbocycles. The zero-order valence-electron chi connectivity index (χ0n) is 9.64. The van der Waals surface area contributed by atoms with Gasteiger partial charge in [0.2, 0.25) is 0 Å². The van der Waals surface area contributed by atoms with E-state index in [1.165, 1.54) is 13.3 Å². The topological polar surface area (TPSA) is 80.9 Å². The predicted octanol–water partition coefficient (Wildman–Crippen LogP) is 1.77. The number of halogens is 1. The molecule has 5 nitrogen and oxygen atoms in total. The summed E-state index contributed by atoms with van der Waals surface area (Å²) in [5.41, 5.74) is 6.13. The number of para-hydroxylation sites is 1. The zero-order chi connectivity index (χ0) is 13.1. The van der Waals surface area contributed by atoms with Crippen LogP contribution in [0.2, 0.25) is 0 Å². The maximum absolute atomic E-state index is 13.7. The van der Waals surface area contributed by atoms with Gasteiger partial charge in [-0.25, -0.2) is 14.4 Å². The molecule has 92 valence electrons. The average molecular weight is 246 g/mol. The Kier molecular flexibility index (Phi) is 3.18. The first-order chi connectivity index (χ1) is 8.59. The van der Waals surface area contributed by atoms with Crippen LogP contribution in [-0.4, -0.2) is 15.9 Å². The van der Waals surface area contributed by atoms with Gasteiger partial charge in [-0.05, 0) is 19.1 Å². The molecule has 1 heterocycles. The highest BCUT2D eigenvalue weighted by molar-refractivity contribution is 5.99. The summed E-state index contributed by atoms with van der Waals surface area (Å²) < 4.78 is 13.7. The van der Waals surface area contributed by atoms with Crippen molar-refractivity contribution in [2.45, 2.75) is 6.92 Å². The first-order valence-electron chi connectivity index (χ1n) is 5.22. The van der Waals surface area contributed by atoms with E-state index in [9.17, 15) is 9.18 Å². The molecule has 2 aromatic rings. The Morgan fingerprint density at radius 3 is 2.78 bits per heavy atom. The lowest BCUT2D eigenvalue weighted by Crippen LogP contribution is -2.13. The van der Waals surface area contributed by atoms with E-state index in [1.54, 1.807) is 24.3 Å². The summed E-state index contributed by atoms with van der Waals surface area (Å²) >= 11 is 0. The Hall–Kier alpha value is -2.50. The molecular weight excluding hydrogens is 235 g/mol. The lowest BCUT2D eigenvalue weighted by Gasteiger charge is -2.10. The van der Waals surface area contributed by atoms with E-state index in [2.05, 4.69) is 15.3 Å². The van der Waals surface area contributed by atoms with Gasteiger partial charge in [0, 0.05) is 0 Å². The maximum Gasteiger partial charge on any atom is 0.250 e. The van der Waals surface area contributed by atoms with E-state index >= 15 is 0 Å². The van der Waals surface area contributed by atoms with Gasteiger partial charge < -0.3 is 11.1 Å². The highest BCUT2D eigenvalue weighted by Crippen LogP contribution is 2.21. The molecule has 0 fully saturated rings. The molecular formula is C12H11FN4O. The van der Waals surface area contributed by atoms with Crippen LogP contribution in [0.15, 0.2) is 30.6 Å². The first-order valence-corrected chi connectivity index (χ1v) is 5.22. The SMILES string of the molecule is Cc1ncnc(Nc2ccccc2C(N)=O)c1F. The summed E-state index contributed by atoms with van der Waals surface area (Å²) in [5.74, 6) is -1.14. The highest BCUT2D eigenvalue weighted by atomic mass is 19.1. The Bertz CT molecular complexity index is 600. The van der Waals surface area contributed by atoms with Crippen LogP contribution in [0.3, 0.4) is 0 Å². The number of nitrogens with one attached hydrogen (secondary N) is 1. The van der Waals surface area contributed by atoms with Crippen LogP contribution in [0.4, 0.5) is 15.9 Å². The molecule has 1 amide bonds. The number of carbonyl (C=O) groups is 1. The fourth-order valence-corrected chi connectivity index (χ4v) is 1.48. The summed E-state index contributed by atoms with van der Waals surface area (Å²) in [5, 5.41) is 2.74. The average Bonchev–Trinajstić information content (AvgIpc) is 2.35. The van der Waals surface area contributed by atoms with E-state index in [-0.39, 0.29) is 17.1 Å². The van der Waals surface area contributed by atoms with Crippen molar-refractivity contribution < 1.29 is 9.18 Å². The van der Waals surface area contributed by atoms with Crippen LogP contribution in [0, 0.1) is 12.7 Å². The number of benzene rings is 1. The number of rotatable bonds is 3. The number of hydrogen-bond donors (Lipinski definition) is 2. The molecule has 0 aliphatic rings. The second kappa shape index (κ2) is 4.79. The third-order valence-electron chi connectivity index (χ3n) is 2.41. The zero-order valence-corrected chi connectivity index (χ0v) is 9.64. The van der Waals surface area contributed by atoms with Crippen LogP contribution in [0.25, 0.3) is 0 Å². The summed E-state index contributed by atoms with van der Waals surface area (Å²) in [7, 11) is 0. The fraction of sp³-hybridized carbons (Fsp3) is 0.0833. The Morgan fingerprint density at radius 2 is 2.06 bits per heavy atom. The summed E-state index contributed by atoms with van der Waals surface area (Å²) in [4.78, 5) is 18.7. The van der Waals surface area contributed by atoms with Crippen molar-refractivity contribution in [3.05, 3.63) is 47.7 Å². The standard InChI is InChI=1S/C12H11FN4O/c1-7-10(13)12(16-6-15-7)17-9-5-3-2-4-8(9)11(14)18/h2-6H,1H3,(H2,14,18)(H,15,16,17). The van der Waals surface area contributed by atoms with Crippen LogP contribution in [-0.2, 0) is 0 Å². The van der Waals surface area contributed by atoms with Crippen molar-refractivity contribution in [2.75, 3.05) is 5.32 Å². The van der Waals surface area contributed by atoms with Gasteiger partial charge in [-0.3, -0.25) is 4.79 Å². The normalized spacial score (nSPS) is 10.1. The number of anilines is 2. The van der Waals surface area contributed by atoms with E-state index in [1.807, 2.05) is 0 Å². The second-order valence-corrected chi connectivity index (χ2v) is 3.66. The molecule has 0 aliphatic heterocycles. The molecule has 0 spiro atoms. The lowest BCUT2D eigenvalue weighted by molar-refractivity contribution is 0.100. The van der Waals surface area contributed by atoms with Crippen molar-refractivity contribution in [1.29, 1.82) is 0 Å². The van der Waals surface area contributed by atoms with E-state index in [0.717, 1.165) is 0 Å². The van der Waals surface area contributed by atoms with Gasteiger partial charge in [-0.2, -0.15) is 0 Å². The summed E-state index contributed by atoms with van der Waals surface area (Å²) in [6.07, 6.45) is 1.24. The molecule has 0 aliphatic carbocycles. The van der Waals surface area contributed by atoms with Crippen LogP contribution < -0.4 is 11.1 Å². The number of carbonyl (C=O) groups excluding carboxylic acids is 1. The van der Waals surface area contributed by atoms with Gasteiger partial charge >= 0.3 is 0 Å². The molecule has 1 aromatic heterocycles. The van der Waals surface area contributed by atoms with Gasteiger partial charge in [0.1, 0.15) is 6.33 Å². The van der Waals surface area contributed by atoms with E-state index in [4.69, 9.17) is 5.73 Å². The van der Waals surface area contributed by atoms with Gasteiger partial charge in [0.15, 0.2) is 11.6 Å². The molecule has 3 N–H and O–H groups in total. The summed E-state index contributed by atoms with van der Waals surface area (Å²) in [6, 6.07) is 6.56. The van der Waals surface area contributed by atoms with Crippen LogP contribution in [0.5, 0.6) is 0 Å². The molecule has 0 unspecified atom stereocenters. The van der Waals surface area contributed by atoms with Gasteiger partial charge in [-0.1, -0.05) is 12.1 Å². The predicted molar refractivity (Wildman–Crippen MR) is 65.0 cm³/mol. The number of nitrogens with two attached hydrogens (primary N) is 1. The van der Waals surface area contributed by atoms with Crippen LogP contribution in [0.1, 0.15) is 16.1 Å². The number of aromatic nitrogens is 2. The third kappa shape index (κ3) is 2.27. The number of aryl methyl sites for hydroxylation is 1. The van der Waals surface area contributed by atoms with Gasteiger partial charge in [0.25, 0.3) is 5.91 Å². The molecule has 0 saturated carbocycles. The number of amides is 1. The quantitative estimate of drug-likeness (QED) is 0.864. The Morgan fingerprint density at radius 1 is 1.33 bits per heavy atom. The summed E-state index contributed by atoms with van der Waals surface area (Å²) in [6.45, 7) is 1.53. The van der Waals surface area contributed by atoms with Crippen molar-refractivity contribution in [3.8, 4) is 0 Å². The first kappa shape index (κ1) is 12.0. The molecule has 0 radical (unpaired) electrons. The molecule has 18 heavy (non-hydrogen) atoms. The minimum absolute atomic E-state index is 0.0104. The maximum atomic E-state index is 13.7. The van der Waals surface area contributed by atoms with Crippen molar-refractivity contribution in [2.24, 2.45) is 5.73 Å². The van der Waals surface area contributed by atoms with Gasteiger partial charge in [0.05, 0.1) is 16.9 Å². The third-order valence-corrected chi connectivity index (χ3v) is 2.41. The monoisotopic (exact) mass is 246 g/mol. The molecule has 6 heteroatoms. The van der Waals surface area contributed by atoms with Gasteiger partial charge in [-0.15, -0.1) is 0 Å². The molecule has 2 rings (SSSR count). The number of nitrogens with zero attached hydrogens (tertiary/aromatic N) is 2. The number of primary amides is 1. The fourth-order valence-electron chi connectivity index (χ4n) is 1.48. The molecule has 0 saturated heterocycles. The minimum atomic E-state index is -0.593. The Balaban J connectivity index is 2.40. The highest BCUT2D eigenvalue weighted by Gasteiger charge is 2.11. The van der Waals surface area contributed by atoms with E-state index in [0.29, 0.717) is 5.69 Å². The van der Waals surface area contributed by atoms with Crippen molar-refractivity contribution >= 4 is 17.4 Å². The molecule has 0 bridgehead atoms. The largest absolute Gasteiger partial charge is 0.366 e. The smallest absolute Gasteiger partial charge is 0.250 e. The lowest BCUT2D eigenvalue weighted by atomic mass is 10.1. The minimum Gasteiger partial charge on any atom is -0.366 e.